The predicted molar refractivity (Wildman–Crippen MR) is 95.1 cm³/mol. The zero-order valence-corrected chi connectivity index (χ0v) is 13.9. The minimum absolute atomic E-state index is 0.0503. The van der Waals surface area contributed by atoms with Crippen molar-refractivity contribution in [3.05, 3.63) is 69.8 Å². The number of nitrogens with zero attached hydrogens (tertiary/aromatic N) is 1. The summed E-state index contributed by atoms with van der Waals surface area (Å²) in [4.78, 5) is 10.7. The van der Waals surface area contributed by atoms with Crippen LogP contribution in [0.15, 0.2) is 48.5 Å². The molecule has 6 nitrogen and oxygen atoms in total. The number of nitrogens with one attached hydrogen (secondary N) is 2. The van der Waals surface area contributed by atoms with Crippen LogP contribution in [0.25, 0.3) is 0 Å². The molecule has 24 heavy (non-hydrogen) atoms. The van der Waals surface area contributed by atoms with E-state index in [4.69, 9.17) is 0 Å². The van der Waals surface area contributed by atoms with Crippen LogP contribution in [-0.4, -0.2) is 29.2 Å². The maximum absolute atomic E-state index is 11.1. The van der Waals surface area contributed by atoms with E-state index < -0.39 is 11.0 Å². The molecule has 2 rings (SSSR count). The summed E-state index contributed by atoms with van der Waals surface area (Å²) in [5.74, 6) is 0. The van der Waals surface area contributed by atoms with Gasteiger partial charge in [-0.05, 0) is 30.5 Å². The molecule has 2 unspecified atom stereocenters. The van der Waals surface area contributed by atoms with Gasteiger partial charge in [-0.3, -0.25) is 10.1 Å². The van der Waals surface area contributed by atoms with Crippen LogP contribution in [0.4, 0.5) is 11.4 Å². The van der Waals surface area contributed by atoms with Crippen molar-refractivity contribution in [1.82, 2.24) is 5.32 Å². The number of rotatable bonds is 8. The Bertz CT molecular complexity index is 676. The largest absolute Gasteiger partial charge is 0.391 e. The standard InChI is InChI=1S/C18H23N3O3/c1-13(18(22)11-14-6-4-3-5-7-14)20-12-15-8-9-16(19-2)17(10-15)21(23)24/h3-10,13,18-20,22H,11-12H2,1-2H3. The highest BCUT2D eigenvalue weighted by molar-refractivity contribution is 5.62. The molecule has 2 atom stereocenters. The summed E-state index contributed by atoms with van der Waals surface area (Å²) < 4.78 is 0. The Morgan fingerprint density at radius 1 is 1.17 bits per heavy atom. The van der Waals surface area contributed by atoms with Crippen molar-refractivity contribution in [3.63, 3.8) is 0 Å². The van der Waals surface area contributed by atoms with Crippen molar-refractivity contribution in [3.8, 4) is 0 Å². The molecule has 0 radical (unpaired) electrons. The fourth-order valence-corrected chi connectivity index (χ4v) is 2.50. The molecule has 0 fully saturated rings. The number of aliphatic hydroxyl groups is 1. The maximum Gasteiger partial charge on any atom is 0.292 e. The smallest absolute Gasteiger partial charge is 0.292 e. The zero-order chi connectivity index (χ0) is 17.5. The minimum atomic E-state index is -0.529. The van der Waals surface area contributed by atoms with Crippen molar-refractivity contribution in [1.29, 1.82) is 0 Å². The van der Waals surface area contributed by atoms with Crippen LogP contribution in [0.2, 0.25) is 0 Å². The van der Waals surface area contributed by atoms with Crippen molar-refractivity contribution in [2.24, 2.45) is 0 Å². The molecule has 0 spiro atoms. The first-order valence-corrected chi connectivity index (χ1v) is 7.91. The van der Waals surface area contributed by atoms with E-state index in [9.17, 15) is 15.2 Å². The number of hydrogen-bond donors (Lipinski definition) is 3. The second kappa shape index (κ2) is 8.42. The van der Waals surface area contributed by atoms with E-state index in [1.807, 2.05) is 43.3 Å². The lowest BCUT2D eigenvalue weighted by Crippen LogP contribution is -2.38. The predicted octanol–water partition coefficient (Wildman–Crippen LogP) is 2.72. The van der Waals surface area contributed by atoms with Crippen molar-refractivity contribution in [2.75, 3.05) is 12.4 Å². The van der Waals surface area contributed by atoms with E-state index in [-0.39, 0.29) is 11.7 Å². The van der Waals surface area contributed by atoms with Gasteiger partial charge in [-0.15, -0.1) is 0 Å². The van der Waals surface area contributed by atoms with Gasteiger partial charge in [0, 0.05) is 25.7 Å². The molecule has 2 aromatic rings. The van der Waals surface area contributed by atoms with E-state index in [2.05, 4.69) is 10.6 Å². The van der Waals surface area contributed by atoms with Crippen LogP contribution in [0.3, 0.4) is 0 Å². The molecule has 0 aliphatic carbocycles. The van der Waals surface area contributed by atoms with E-state index in [0.29, 0.717) is 18.7 Å². The average Bonchev–Trinajstić information content (AvgIpc) is 2.60. The first-order chi connectivity index (χ1) is 11.5. The molecule has 128 valence electrons. The summed E-state index contributed by atoms with van der Waals surface area (Å²) in [6.07, 6.45) is 0.0346. The minimum Gasteiger partial charge on any atom is -0.391 e. The van der Waals surface area contributed by atoms with Gasteiger partial charge in [0.05, 0.1) is 11.0 Å². The monoisotopic (exact) mass is 329 g/mol. The second-order valence-corrected chi connectivity index (χ2v) is 5.79. The van der Waals surface area contributed by atoms with Gasteiger partial charge in [0.2, 0.25) is 0 Å². The van der Waals surface area contributed by atoms with Gasteiger partial charge >= 0.3 is 0 Å². The van der Waals surface area contributed by atoms with Gasteiger partial charge in [0.15, 0.2) is 0 Å². The summed E-state index contributed by atoms with van der Waals surface area (Å²) in [6.45, 7) is 2.36. The topological polar surface area (TPSA) is 87.4 Å². The third-order valence-corrected chi connectivity index (χ3v) is 4.02. The van der Waals surface area contributed by atoms with Crippen LogP contribution in [0.5, 0.6) is 0 Å². The van der Waals surface area contributed by atoms with Crippen LogP contribution in [0.1, 0.15) is 18.1 Å². The van der Waals surface area contributed by atoms with Gasteiger partial charge in [-0.2, -0.15) is 0 Å². The van der Waals surface area contributed by atoms with Crippen LogP contribution in [-0.2, 0) is 13.0 Å². The molecule has 0 saturated heterocycles. The molecule has 0 aliphatic rings. The second-order valence-electron chi connectivity index (χ2n) is 5.79. The number of aliphatic hydroxyl groups excluding tert-OH is 1. The third-order valence-electron chi connectivity index (χ3n) is 4.02. The van der Waals surface area contributed by atoms with Crippen molar-refractivity contribution >= 4 is 11.4 Å². The highest BCUT2D eigenvalue weighted by atomic mass is 16.6. The summed E-state index contributed by atoms with van der Waals surface area (Å²) in [7, 11) is 1.66. The average molecular weight is 329 g/mol. The first-order valence-electron chi connectivity index (χ1n) is 7.91. The van der Waals surface area contributed by atoms with Gasteiger partial charge in [0.25, 0.3) is 5.69 Å². The Kier molecular flexibility index (Phi) is 6.28. The fraction of sp³-hybridized carbons (Fsp3) is 0.333. The quantitative estimate of drug-likeness (QED) is 0.512. The number of nitro groups is 1. The molecule has 2 aromatic carbocycles. The Morgan fingerprint density at radius 2 is 1.88 bits per heavy atom. The SMILES string of the molecule is CNc1ccc(CNC(C)C(O)Cc2ccccc2)cc1[N+](=O)[O-]. The molecule has 6 heteroatoms. The van der Waals surface area contributed by atoms with E-state index >= 15 is 0 Å². The molecular weight excluding hydrogens is 306 g/mol. The van der Waals surface area contributed by atoms with Gasteiger partial charge in [-0.1, -0.05) is 36.4 Å². The first kappa shape index (κ1) is 17.9. The summed E-state index contributed by atoms with van der Waals surface area (Å²) >= 11 is 0. The molecule has 0 aromatic heterocycles. The third kappa shape index (κ3) is 4.78. The Hall–Kier alpha value is -2.44. The van der Waals surface area contributed by atoms with E-state index in [1.165, 1.54) is 0 Å². The maximum atomic E-state index is 11.1. The molecule has 3 N–H and O–H groups in total. The highest BCUT2D eigenvalue weighted by Crippen LogP contribution is 2.25. The van der Waals surface area contributed by atoms with Crippen molar-refractivity contribution < 1.29 is 10.0 Å². The molecule has 0 bridgehead atoms. The summed E-state index contributed by atoms with van der Waals surface area (Å²) in [6, 6.07) is 14.8. The lowest BCUT2D eigenvalue weighted by atomic mass is 10.0. The number of hydrogen-bond acceptors (Lipinski definition) is 5. The van der Waals surface area contributed by atoms with E-state index in [0.717, 1.165) is 11.1 Å². The lowest BCUT2D eigenvalue weighted by Gasteiger charge is -2.20. The molecular formula is C18H23N3O3. The Balaban J connectivity index is 1.94. The summed E-state index contributed by atoms with van der Waals surface area (Å²) in [5, 5.41) is 27.4. The fourth-order valence-electron chi connectivity index (χ4n) is 2.50. The Morgan fingerprint density at radius 3 is 2.50 bits per heavy atom. The zero-order valence-electron chi connectivity index (χ0n) is 13.9. The van der Waals surface area contributed by atoms with Crippen LogP contribution >= 0.6 is 0 Å². The normalized spacial score (nSPS) is 13.3. The van der Waals surface area contributed by atoms with Crippen LogP contribution in [0, 0.1) is 10.1 Å². The number of benzene rings is 2. The van der Waals surface area contributed by atoms with E-state index in [1.54, 1.807) is 19.2 Å². The van der Waals surface area contributed by atoms with Crippen LogP contribution < -0.4 is 10.6 Å². The molecule has 0 amide bonds. The molecule has 0 aliphatic heterocycles. The number of anilines is 1. The number of nitro benzene ring substituents is 1. The summed E-state index contributed by atoms with van der Waals surface area (Å²) in [5.41, 5.74) is 2.42. The lowest BCUT2D eigenvalue weighted by molar-refractivity contribution is -0.384. The van der Waals surface area contributed by atoms with Gasteiger partial charge < -0.3 is 15.7 Å². The molecule has 0 heterocycles. The van der Waals surface area contributed by atoms with Crippen molar-refractivity contribution in [2.45, 2.75) is 32.0 Å². The van der Waals surface area contributed by atoms with Gasteiger partial charge in [0.1, 0.15) is 5.69 Å². The van der Waals surface area contributed by atoms with Gasteiger partial charge in [-0.25, -0.2) is 0 Å². The molecule has 0 saturated carbocycles. The Labute approximate surface area is 141 Å². The highest BCUT2D eigenvalue weighted by Gasteiger charge is 2.16.